The SMILES string of the molecule is C[C@@H](O)c1cc(F)ccc1Oc1cccc(F)c1F. The second-order valence-corrected chi connectivity index (χ2v) is 4.01. The molecule has 2 rings (SSSR count). The highest BCUT2D eigenvalue weighted by molar-refractivity contribution is 5.39. The third-order valence-electron chi connectivity index (χ3n) is 2.56. The zero-order valence-corrected chi connectivity index (χ0v) is 10.0. The maximum Gasteiger partial charge on any atom is 0.201 e. The number of ether oxygens (including phenoxy) is 1. The van der Waals surface area contributed by atoms with E-state index in [4.69, 9.17) is 4.74 Å². The summed E-state index contributed by atoms with van der Waals surface area (Å²) in [5.41, 5.74) is 0.156. The number of aliphatic hydroxyl groups is 1. The summed E-state index contributed by atoms with van der Waals surface area (Å²) < 4.78 is 44.8. The van der Waals surface area contributed by atoms with Crippen LogP contribution in [0.15, 0.2) is 36.4 Å². The van der Waals surface area contributed by atoms with Crippen molar-refractivity contribution in [2.75, 3.05) is 0 Å². The van der Waals surface area contributed by atoms with Crippen LogP contribution in [0.4, 0.5) is 13.2 Å². The molecule has 0 aliphatic rings. The van der Waals surface area contributed by atoms with Crippen molar-refractivity contribution in [3.8, 4) is 11.5 Å². The van der Waals surface area contributed by atoms with Crippen LogP contribution in [0.3, 0.4) is 0 Å². The highest BCUT2D eigenvalue weighted by Crippen LogP contribution is 2.32. The number of hydrogen-bond donors (Lipinski definition) is 1. The summed E-state index contributed by atoms with van der Waals surface area (Å²) in [6.07, 6.45) is -0.998. The summed E-state index contributed by atoms with van der Waals surface area (Å²) in [7, 11) is 0. The fourth-order valence-corrected chi connectivity index (χ4v) is 1.62. The summed E-state index contributed by atoms with van der Waals surface area (Å²) in [4.78, 5) is 0. The lowest BCUT2D eigenvalue weighted by molar-refractivity contribution is 0.195. The van der Waals surface area contributed by atoms with E-state index in [1.165, 1.54) is 25.1 Å². The van der Waals surface area contributed by atoms with Gasteiger partial charge in [0.05, 0.1) is 6.10 Å². The molecule has 1 atom stereocenters. The fraction of sp³-hybridized carbons (Fsp3) is 0.143. The van der Waals surface area contributed by atoms with Crippen LogP contribution in [0, 0.1) is 17.5 Å². The monoisotopic (exact) mass is 268 g/mol. The highest BCUT2D eigenvalue weighted by Gasteiger charge is 2.15. The Kier molecular flexibility index (Phi) is 3.76. The molecular formula is C14H11F3O2. The quantitative estimate of drug-likeness (QED) is 0.913. The minimum absolute atomic E-state index is 0.0703. The molecule has 0 radical (unpaired) electrons. The normalized spacial score (nSPS) is 12.3. The van der Waals surface area contributed by atoms with Gasteiger partial charge in [-0.2, -0.15) is 4.39 Å². The zero-order valence-electron chi connectivity index (χ0n) is 10.0. The molecule has 1 N–H and O–H groups in total. The average molecular weight is 268 g/mol. The Bertz CT molecular complexity index is 597. The molecule has 0 fully saturated rings. The van der Waals surface area contributed by atoms with Gasteiger partial charge in [-0.1, -0.05) is 6.07 Å². The lowest BCUT2D eigenvalue weighted by Crippen LogP contribution is -1.99. The van der Waals surface area contributed by atoms with Crippen molar-refractivity contribution in [3.05, 3.63) is 59.4 Å². The van der Waals surface area contributed by atoms with Gasteiger partial charge in [0.1, 0.15) is 11.6 Å². The molecule has 0 heterocycles. The van der Waals surface area contributed by atoms with Crippen LogP contribution in [0.1, 0.15) is 18.6 Å². The molecular weight excluding hydrogens is 257 g/mol. The van der Waals surface area contributed by atoms with Crippen molar-refractivity contribution < 1.29 is 23.0 Å². The zero-order chi connectivity index (χ0) is 14.0. The van der Waals surface area contributed by atoms with Crippen LogP contribution in [0.5, 0.6) is 11.5 Å². The molecule has 2 aromatic carbocycles. The standard InChI is InChI=1S/C14H11F3O2/c1-8(18)10-7-9(15)5-6-12(10)19-13-4-2-3-11(16)14(13)17/h2-8,18H,1H3/t8-/m1/s1. The van der Waals surface area contributed by atoms with Crippen LogP contribution >= 0.6 is 0 Å². The second kappa shape index (κ2) is 5.32. The van der Waals surface area contributed by atoms with Gasteiger partial charge >= 0.3 is 0 Å². The first kappa shape index (κ1) is 13.4. The second-order valence-electron chi connectivity index (χ2n) is 4.01. The largest absolute Gasteiger partial charge is 0.454 e. The van der Waals surface area contributed by atoms with Crippen LogP contribution in [-0.4, -0.2) is 5.11 Å². The maximum atomic E-state index is 13.5. The van der Waals surface area contributed by atoms with Gasteiger partial charge in [-0.15, -0.1) is 0 Å². The lowest BCUT2D eigenvalue weighted by atomic mass is 10.1. The Morgan fingerprint density at radius 3 is 2.47 bits per heavy atom. The minimum atomic E-state index is -1.14. The first-order valence-electron chi connectivity index (χ1n) is 5.58. The molecule has 0 bridgehead atoms. The van der Waals surface area contributed by atoms with E-state index in [2.05, 4.69) is 0 Å². The van der Waals surface area contributed by atoms with Crippen LogP contribution in [-0.2, 0) is 0 Å². The predicted octanol–water partition coefficient (Wildman–Crippen LogP) is 3.95. The van der Waals surface area contributed by atoms with Gasteiger partial charge in [-0.05, 0) is 37.3 Å². The van der Waals surface area contributed by atoms with Gasteiger partial charge in [0.25, 0.3) is 0 Å². The molecule has 2 aromatic rings. The van der Waals surface area contributed by atoms with Crippen LogP contribution in [0.25, 0.3) is 0 Å². The van der Waals surface area contributed by atoms with Crippen LogP contribution < -0.4 is 4.74 Å². The summed E-state index contributed by atoms with van der Waals surface area (Å²) >= 11 is 0. The van der Waals surface area contributed by atoms with E-state index in [1.807, 2.05) is 0 Å². The third kappa shape index (κ3) is 2.88. The molecule has 0 spiro atoms. The fourth-order valence-electron chi connectivity index (χ4n) is 1.62. The number of benzene rings is 2. The summed E-state index contributed by atoms with van der Waals surface area (Å²) in [5.74, 6) is -2.99. The topological polar surface area (TPSA) is 29.5 Å². The number of halogens is 3. The molecule has 0 unspecified atom stereocenters. The van der Waals surface area contributed by atoms with Crippen LogP contribution in [0.2, 0.25) is 0 Å². The molecule has 19 heavy (non-hydrogen) atoms. The Hall–Kier alpha value is -2.01. The minimum Gasteiger partial charge on any atom is -0.454 e. The smallest absolute Gasteiger partial charge is 0.201 e. The average Bonchev–Trinajstić information content (AvgIpc) is 2.36. The number of aliphatic hydroxyl groups excluding tert-OH is 1. The Labute approximate surface area is 108 Å². The molecule has 0 aliphatic heterocycles. The highest BCUT2D eigenvalue weighted by atomic mass is 19.2. The van der Waals surface area contributed by atoms with Crippen molar-refractivity contribution >= 4 is 0 Å². The van der Waals surface area contributed by atoms with E-state index in [0.717, 1.165) is 18.2 Å². The van der Waals surface area contributed by atoms with Gasteiger partial charge in [0, 0.05) is 5.56 Å². The van der Waals surface area contributed by atoms with E-state index in [9.17, 15) is 18.3 Å². The maximum absolute atomic E-state index is 13.5. The van der Waals surface area contributed by atoms with Gasteiger partial charge in [0.15, 0.2) is 11.6 Å². The number of hydrogen-bond acceptors (Lipinski definition) is 2. The molecule has 0 aromatic heterocycles. The number of rotatable bonds is 3. The van der Waals surface area contributed by atoms with E-state index in [1.54, 1.807) is 0 Å². The molecule has 0 aliphatic carbocycles. The molecule has 0 amide bonds. The van der Waals surface area contributed by atoms with Gasteiger partial charge < -0.3 is 9.84 Å². The lowest BCUT2D eigenvalue weighted by Gasteiger charge is -2.13. The summed E-state index contributed by atoms with van der Waals surface area (Å²) in [5, 5.41) is 9.52. The Morgan fingerprint density at radius 2 is 1.79 bits per heavy atom. The molecule has 5 heteroatoms. The Morgan fingerprint density at radius 1 is 1.05 bits per heavy atom. The van der Waals surface area contributed by atoms with Crippen molar-refractivity contribution in [1.29, 1.82) is 0 Å². The van der Waals surface area contributed by atoms with Gasteiger partial charge in [-0.3, -0.25) is 0 Å². The molecule has 100 valence electrons. The van der Waals surface area contributed by atoms with E-state index in [-0.39, 0.29) is 17.1 Å². The first-order valence-corrected chi connectivity index (χ1v) is 5.58. The van der Waals surface area contributed by atoms with Crippen molar-refractivity contribution in [2.45, 2.75) is 13.0 Å². The van der Waals surface area contributed by atoms with E-state index < -0.39 is 23.6 Å². The van der Waals surface area contributed by atoms with Crippen molar-refractivity contribution in [1.82, 2.24) is 0 Å². The molecule has 0 saturated carbocycles. The predicted molar refractivity (Wildman–Crippen MR) is 63.5 cm³/mol. The van der Waals surface area contributed by atoms with Gasteiger partial charge in [-0.25, -0.2) is 8.78 Å². The van der Waals surface area contributed by atoms with Crippen molar-refractivity contribution in [3.63, 3.8) is 0 Å². The summed E-state index contributed by atoms with van der Waals surface area (Å²) in [6, 6.07) is 6.94. The van der Waals surface area contributed by atoms with E-state index >= 15 is 0 Å². The first-order chi connectivity index (χ1) is 8.99. The van der Waals surface area contributed by atoms with Crippen molar-refractivity contribution in [2.24, 2.45) is 0 Å². The molecule has 0 saturated heterocycles. The summed E-state index contributed by atoms with van der Waals surface area (Å²) in [6.45, 7) is 1.42. The van der Waals surface area contributed by atoms with E-state index in [0.29, 0.717) is 0 Å². The van der Waals surface area contributed by atoms with Gasteiger partial charge in [0.2, 0.25) is 5.82 Å². The third-order valence-corrected chi connectivity index (χ3v) is 2.56. The molecule has 2 nitrogen and oxygen atoms in total. The Balaban J connectivity index is 2.41.